The van der Waals surface area contributed by atoms with E-state index in [4.69, 9.17) is 0 Å². The van der Waals surface area contributed by atoms with Gasteiger partial charge in [0, 0.05) is 18.4 Å². The molecular formula is C27H31NO2. The van der Waals surface area contributed by atoms with E-state index >= 15 is 0 Å². The summed E-state index contributed by atoms with van der Waals surface area (Å²) in [6, 6.07) is 24.4. The fourth-order valence-corrected chi connectivity index (χ4v) is 3.80. The van der Waals surface area contributed by atoms with E-state index < -0.39 is 0 Å². The Hall–Kier alpha value is -3.07. The lowest BCUT2D eigenvalue weighted by molar-refractivity contribution is -0.121. The molecule has 3 nitrogen and oxygen atoms in total. The van der Waals surface area contributed by atoms with Crippen LogP contribution in [0.25, 0.3) is 0 Å². The Bertz CT molecular complexity index is 944. The Morgan fingerprint density at radius 3 is 2.20 bits per heavy atom. The van der Waals surface area contributed by atoms with Gasteiger partial charge in [0.15, 0.2) is 0 Å². The van der Waals surface area contributed by atoms with Crippen LogP contribution in [0.2, 0.25) is 0 Å². The molecule has 1 amide bonds. The smallest absolute Gasteiger partial charge is 0.221 e. The van der Waals surface area contributed by atoms with Crippen molar-refractivity contribution in [3.63, 3.8) is 0 Å². The molecule has 0 heterocycles. The van der Waals surface area contributed by atoms with Crippen molar-refractivity contribution < 1.29 is 9.90 Å². The number of nitrogens with one attached hydrogen (secondary N) is 1. The number of carbonyl (C=O) groups excluding carboxylic acids is 1. The van der Waals surface area contributed by atoms with Gasteiger partial charge in [0.1, 0.15) is 5.75 Å². The summed E-state index contributed by atoms with van der Waals surface area (Å²) in [5.74, 6) is 0.211. The largest absolute Gasteiger partial charge is 0.508 e. The van der Waals surface area contributed by atoms with E-state index in [2.05, 4.69) is 30.4 Å². The zero-order valence-electron chi connectivity index (χ0n) is 18.1. The van der Waals surface area contributed by atoms with Crippen LogP contribution in [0.4, 0.5) is 0 Å². The topological polar surface area (TPSA) is 49.3 Å². The lowest BCUT2D eigenvalue weighted by Crippen LogP contribution is -2.33. The van der Waals surface area contributed by atoms with Crippen molar-refractivity contribution >= 4 is 5.91 Å². The van der Waals surface area contributed by atoms with Crippen LogP contribution in [0.15, 0.2) is 72.8 Å². The SMILES string of the molecule is Cc1cc([C@@H](CC(=O)N[C@@H](C)CCc2ccccc2)c2ccccc2)cc(O)c1C. The zero-order valence-corrected chi connectivity index (χ0v) is 18.1. The van der Waals surface area contributed by atoms with Gasteiger partial charge in [-0.2, -0.15) is 0 Å². The molecule has 3 heteroatoms. The first-order valence-electron chi connectivity index (χ1n) is 10.6. The van der Waals surface area contributed by atoms with Crippen molar-refractivity contribution in [2.75, 3.05) is 0 Å². The van der Waals surface area contributed by atoms with Gasteiger partial charge in [-0.25, -0.2) is 0 Å². The minimum Gasteiger partial charge on any atom is -0.508 e. The van der Waals surface area contributed by atoms with Gasteiger partial charge in [0.2, 0.25) is 5.91 Å². The second-order valence-corrected chi connectivity index (χ2v) is 8.14. The number of hydrogen-bond donors (Lipinski definition) is 2. The lowest BCUT2D eigenvalue weighted by atomic mass is 9.86. The molecule has 0 aliphatic heterocycles. The Labute approximate surface area is 179 Å². The number of aromatic hydroxyl groups is 1. The Morgan fingerprint density at radius 1 is 0.933 bits per heavy atom. The fraction of sp³-hybridized carbons (Fsp3) is 0.296. The Kier molecular flexibility index (Phi) is 7.29. The van der Waals surface area contributed by atoms with Gasteiger partial charge >= 0.3 is 0 Å². The zero-order chi connectivity index (χ0) is 21.5. The van der Waals surface area contributed by atoms with Crippen LogP contribution in [0, 0.1) is 13.8 Å². The minimum atomic E-state index is -0.0993. The van der Waals surface area contributed by atoms with E-state index in [9.17, 15) is 9.90 Å². The first kappa shape index (κ1) is 21.6. The molecular weight excluding hydrogens is 370 g/mol. The van der Waals surface area contributed by atoms with Gasteiger partial charge in [-0.05, 0) is 67.5 Å². The van der Waals surface area contributed by atoms with E-state index in [0.29, 0.717) is 6.42 Å². The van der Waals surface area contributed by atoms with Crippen molar-refractivity contribution in [3.05, 3.63) is 101 Å². The van der Waals surface area contributed by atoms with Gasteiger partial charge in [-0.15, -0.1) is 0 Å². The van der Waals surface area contributed by atoms with Crippen LogP contribution >= 0.6 is 0 Å². The summed E-state index contributed by atoms with van der Waals surface area (Å²) in [5, 5.41) is 13.5. The number of phenols is 1. The number of carbonyl (C=O) groups is 1. The molecule has 30 heavy (non-hydrogen) atoms. The highest BCUT2D eigenvalue weighted by atomic mass is 16.3. The summed E-state index contributed by atoms with van der Waals surface area (Å²) in [4.78, 5) is 12.9. The second kappa shape index (κ2) is 10.1. The van der Waals surface area contributed by atoms with Crippen molar-refractivity contribution in [2.45, 2.75) is 52.0 Å². The lowest BCUT2D eigenvalue weighted by Gasteiger charge is -2.21. The summed E-state index contributed by atoms with van der Waals surface area (Å²) < 4.78 is 0. The monoisotopic (exact) mass is 401 g/mol. The molecule has 0 spiro atoms. The number of aryl methyl sites for hydroxylation is 2. The third kappa shape index (κ3) is 5.73. The summed E-state index contributed by atoms with van der Waals surface area (Å²) in [6.45, 7) is 5.96. The fourth-order valence-electron chi connectivity index (χ4n) is 3.80. The van der Waals surface area contributed by atoms with Gasteiger partial charge in [0.05, 0.1) is 0 Å². The first-order chi connectivity index (χ1) is 14.4. The van der Waals surface area contributed by atoms with Gasteiger partial charge < -0.3 is 10.4 Å². The first-order valence-corrected chi connectivity index (χ1v) is 10.6. The second-order valence-electron chi connectivity index (χ2n) is 8.14. The van der Waals surface area contributed by atoms with Crippen molar-refractivity contribution in [1.82, 2.24) is 5.32 Å². The predicted molar refractivity (Wildman–Crippen MR) is 123 cm³/mol. The van der Waals surface area contributed by atoms with Gasteiger partial charge in [0.25, 0.3) is 0 Å². The summed E-state index contributed by atoms with van der Waals surface area (Å²) >= 11 is 0. The average molecular weight is 402 g/mol. The van der Waals surface area contributed by atoms with Crippen LogP contribution in [0.5, 0.6) is 5.75 Å². The number of hydrogen-bond acceptors (Lipinski definition) is 2. The molecule has 0 saturated heterocycles. The normalized spacial score (nSPS) is 12.9. The predicted octanol–water partition coefficient (Wildman–Crippen LogP) is 5.67. The Morgan fingerprint density at radius 2 is 1.57 bits per heavy atom. The van der Waals surface area contributed by atoms with Crippen LogP contribution in [0.3, 0.4) is 0 Å². The van der Waals surface area contributed by atoms with Gasteiger partial charge in [-0.3, -0.25) is 4.79 Å². The highest BCUT2D eigenvalue weighted by molar-refractivity contribution is 5.78. The number of phenolic OH excluding ortho intramolecular Hbond substituents is 1. The maximum absolute atomic E-state index is 12.9. The highest BCUT2D eigenvalue weighted by Crippen LogP contribution is 2.33. The molecule has 0 bridgehead atoms. The summed E-state index contributed by atoms with van der Waals surface area (Å²) in [6.07, 6.45) is 2.19. The molecule has 0 aliphatic carbocycles. The molecule has 0 saturated carbocycles. The third-order valence-electron chi connectivity index (χ3n) is 5.77. The minimum absolute atomic E-state index is 0.0298. The van der Waals surface area contributed by atoms with Crippen molar-refractivity contribution in [3.8, 4) is 5.75 Å². The molecule has 3 rings (SSSR count). The van der Waals surface area contributed by atoms with Crippen LogP contribution < -0.4 is 5.32 Å². The van der Waals surface area contributed by atoms with Gasteiger partial charge in [-0.1, -0.05) is 66.7 Å². The summed E-state index contributed by atoms with van der Waals surface area (Å²) in [5.41, 5.74) is 5.24. The average Bonchev–Trinajstić information content (AvgIpc) is 2.75. The van der Waals surface area contributed by atoms with E-state index in [0.717, 1.165) is 35.1 Å². The van der Waals surface area contributed by atoms with Crippen LogP contribution in [0.1, 0.15) is 53.5 Å². The molecule has 0 unspecified atom stereocenters. The molecule has 3 aromatic rings. The molecule has 156 valence electrons. The van der Waals surface area contributed by atoms with E-state index in [1.165, 1.54) is 5.56 Å². The molecule has 3 aromatic carbocycles. The van der Waals surface area contributed by atoms with Crippen LogP contribution in [-0.4, -0.2) is 17.1 Å². The van der Waals surface area contributed by atoms with E-state index in [-0.39, 0.29) is 23.6 Å². The van der Waals surface area contributed by atoms with Crippen molar-refractivity contribution in [2.24, 2.45) is 0 Å². The standard InChI is InChI=1S/C27H31NO2/c1-19-16-24(17-26(29)21(19)3)25(23-12-8-5-9-13-23)18-27(30)28-20(2)14-15-22-10-6-4-7-11-22/h4-13,16-17,20,25,29H,14-15,18H2,1-3H3,(H,28,30)/t20-,25-/m0/s1. The Balaban J connectivity index is 1.71. The number of benzene rings is 3. The maximum atomic E-state index is 12.9. The third-order valence-corrected chi connectivity index (χ3v) is 5.77. The highest BCUT2D eigenvalue weighted by Gasteiger charge is 2.21. The van der Waals surface area contributed by atoms with Crippen molar-refractivity contribution in [1.29, 1.82) is 0 Å². The molecule has 0 aliphatic rings. The van der Waals surface area contributed by atoms with E-state index in [1.807, 2.05) is 62.4 Å². The van der Waals surface area contributed by atoms with Crippen LogP contribution in [-0.2, 0) is 11.2 Å². The summed E-state index contributed by atoms with van der Waals surface area (Å²) in [7, 11) is 0. The maximum Gasteiger partial charge on any atom is 0.221 e. The molecule has 2 atom stereocenters. The molecule has 0 aromatic heterocycles. The molecule has 0 fully saturated rings. The number of amides is 1. The number of rotatable bonds is 8. The molecule has 2 N–H and O–H groups in total. The van der Waals surface area contributed by atoms with E-state index in [1.54, 1.807) is 6.07 Å². The quantitative estimate of drug-likeness (QED) is 0.511. The molecule has 0 radical (unpaired) electrons.